The lowest BCUT2D eigenvalue weighted by Gasteiger charge is -2.15. The zero-order valence-electron chi connectivity index (χ0n) is 14.1. The molecule has 26 heavy (non-hydrogen) atoms. The third-order valence-corrected chi connectivity index (χ3v) is 3.31. The molecular formula is C17H17F3N2O4. The Kier molecular flexibility index (Phi) is 6.40. The van der Waals surface area contributed by atoms with Crippen LogP contribution < -0.4 is 14.8 Å². The van der Waals surface area contributed by atoms with Crippen LogP contribution in [-0.2, 0) is 10.9 Å². The molecule has 0 aliphatic carbocycles. The van der Waals surface area contributed by atoms with E-state index < -0.39 is 17.6 Å². The van der Waals surface area contributed by atoms with E-state index in [4.69, 9.17) is 14.2 Å². The molecular weight excluding hydrogens is 353 g/mol. The standard InChI is InChI=1S/C17H17F3N2O4/c1-24-7-8-26-14-5-4-12(17(18,19)20)9-13(14)22-16(23)11-3-6-15(25-2)21-10-11/h3-6,9-10H,7-8H2,1-2H3,(H,22,23). The summed E-state index contributed by atoms with van der Waals surface area (Å²) < 4.78 is 54.0. The van der Waals surface area contributed by atoms with Crippen LogP contribution in [0.25, 0.3) is 0 Å². The number of halogens is 3. The van der Waals surface area contributed by atoms with Crippen LogP contribution in [0.5, 0.6) is 11.6 Å². The number of pyridine rings is 1. The van der Waals surface area contributed by atoms with Gasteiger partial charge in [0.2, 0.25) is 5.88 Å². The van der Waals surface area contributed by atoms with Gasteiger partial charge in [0.1, 0.15) is 12.4 Å². The van der Waals surface area contributed by atoms with Crippen molar-refractivity contribution < 1.29 is 32.2 Å². The molecule has 0 aliphatic rings. The quantitative estimate of drug-likeness (QED) is 0.757. The molecule has 1 heterocycles. The van der Waals surface area contributed by atoms with Gasteiger partial charge >= 0.3 is 6.18 Å². The van der Waals surface area contributed by atoms with Crippen LogP contribution >= 0.6 is 0 Å². The van der Waals surface area contributed by atoms with E-state index in [0.29, 0.717) is 5.88 Å². The summed E-state index contributed by atoms with van der Waals surface area (Å²) in [5, 5.41) is 2.42. The third-order valence-electron chi connectivity index (χ3n) is 3.31. The maximum Gasteiger partial charge on any atom is 0.416 e. The van der Waals surface area contributed by atoms with Gasteiger partial charge in [0.25, 0.3) is 5.91 Å². The molecule has 1 aromatic carbocycles. The van der Waals surface area contributed by atoms with Crippen molar-refractivity contribution in [1.29, 1.82) is 0 Å². The Bertz CT molecular complexity index is 749. The van der Waals surface area contributed by atoms with Gasteiger partial charge in [-0.1, -0.05) is 0 Å². The summed E-state index contributed by atoms with van der Waals surface area (Å²) in [6, 6.07) is 5.77. The molecule has 0 saturated heterocycles. The minimum Gasteiger partial charge on any atom is -0.489 e. The number of nitrogens with one attached hydrogen (secondary N) is 1. The van der Waals surface area contributed by atoms with Gasteiger partial charge in [0.05, 0.1) is 30.5 Å². The number of carbonyl (C=O) groups is 1. The first-order valence-electron chi connectivity index (χ1n) is 7.49. The van der Waals surface area contributed by atoms with Gasteiger partial charge in [-0.2, -0.15) is 13.2 Å². The lowest BCUT2D eigenvalue weighted by atomic mass is 10.1. The van der Waals surface area contributed by atoms with E-state index in [-0.39, 0.29) is 30.2 Å². The van der Waals surface area contributed by atoms with Crippen molar-refractivity contribution in [1.82, 2.24) is 4.98 Å². The van der Waals surface area contributed by atoms with Gasteiger partial charge in [0, 0.05) is 19.4 Å². The molecule has 2 rings (SSSR count). The lowest BCUT2D eigenvalue weighted by Crippen LogP contribution is -2.15. The predicted octanol–water partition coefficient (Wildman–Crippen LogP) is 3.39. The maximum atomic E-state index is 13.0. The highest BCUT2D eigenvalue weighted by molar-refractivity contribution is 6.04. The minimum absolute atomic E-state index is 0.100. The molecule has 0 unspecified atom stereocenters. The van der Waals surface area contributed by atoms with E-state index in [2.05, 4.69) is 10.3 Å². The first-order valence-corrected chi connectivity index (χ1v) is 7.49. The first-order chi connectivity index (χ1) is 12.3. The number of hydrogen-bond acceptors (Lipinski definition) is 5. The molecule has 1 amide bonds. The van der Waals surface area contributed by atoms with Crippen molar-refractivity contribution in [3.63, 3.8) is 0 Å². The molecule has 0 atom stereocenters. The number of anilines is 1. The van der Waals surface area contributed by atoms with E-state index in [1.165, 1.54) is 32.5 Å². The number of alkyl halides is 3. The van der Waals surface area contributed by atoms with Crippen LogP contribution in [0.2, 0.25) is 0 Å². The van der Waals surface area contributed by atoms with Crippen molar-refractivity contribution in [2.75, 3.05) is 32.8 Å². The highest BCUT2D eigenvalue weighted by Gasteiger charge is 2.31. The molecule has 0 spiro atoms. The number of hydrogen-bond donors (Lipinski definition) is 1. The van der Waals surface area contributed by atoms with E-state index in [0.717, 1.165) is 18.2 Å². The molecule has 0 bridgehead atoms. The van der Waals surface area contributed by atoms with Crippen LogP contribution in [0.4, 0.5) is 18.9 Å². The number of carbonyl (C=O) groups excluding carboxylic acids is 1. The van der Waals surface area contributed by atoms with Gasteiger partial charge in [-0.05, 0) is 24.3 Å². The Morgan fingerprint density at radius 1 is 1.15 bits per heavy atom. The molecule has 9 heteroatoms. The Labute approximate surface area is 147 Å². The van der Waals surface area contributed by atoms with Crippen LogP contribution in [0.15, 0.2) is 36.5 Å². The highest BCUT2D eigenvalue weighted by Crippen LogP contribution is 2.35. The molecule has 2 aromatic rings. The topological polar surface area (TPSA) is 69.7 Å². The smallest absolute Gasteiger partial charge is 0.416 e. The van der Waals surface area contributed by atoms with Crippen molar-refractivity contribution in [3.8, 4) is 11.6 Å². The second-order valence-electron chi connectivity index (χ2n) is 5.09. The number of rotatable bonds is 7. The van der Waals surface area contributed by atoms with Crippen LogP contribution in [0.1, 0.15) is 15.9 Å². The normalized spacial score (nSPS) is 11.1. The first kappa shape index (κ1) is 19.5. The Balaban J connectivity index is 2.26. The van der Waals surface area contributed by atoms with Crippen molar-refractivity contribution in [2.45, 2.75) is 6.18 Å². The van der Waals surface area contributed by atoms with E-state index in [1.54, 1.807) is 0 Å². The fourth-order valence-electron chi connectivity index (χ4n) is 1.99. The number of benzene rings is 1. The third kappa shape index (κ3) is 5.09. The number of methoxy groups -OCH3 is 2. The summed E-state index contributed by atoms with van der Waals surface area (Å²) in [6.45, 7) is 0.367. The molecule has 0 aliphatic heterocycles. The molecule has 0 saturated carbocycles. The zero-order valence-corrected chi connectivity index (χ0v) is 14.1. The number of aromatic nitrogens is 1. The fraction of sp³-hybridized carbons (Fsp3) is 0.294. The number of amides is 1. The van der Waals surface area contributed by atoms with Crippen molar-refractivity contribution in [3.05, 3.63) is 47.7 Å². The van der Waals surface area contributed by atoms with Crippen LogP contribution in [0.3, 0.4) is 0 Å². The zero-order chi connectivity index (χ0) is 19.2. The largest absolute Gasteiger partial charge is 0.489 e. The Hall–Kier alpha value is -2.81. The van der Waals surface area contributed by atoms with Gasteiger partial charge < -0.3 is 19.5 Å². The predicted molar refractivity (Wildman–Crippen MR) is 87.6 cm³/mol. The molecule has 140 valence electrons. The molecule has 0 radical (unpaired) electrons. The summed E-state index contributed by atoms with van der Waals surface area (Å²) in [4.78, 5) is 16.2. The Morgan fingerprint density at radius 3 is 2.50 bits per heavy atom. The second-order valence-corrected chi connectivity index (χ2v) is 5.09. The van der Waals surface area contributed by atoms with Gasteiger partial charge in [-0.25, -0.2) is 4.98 Å². The van der Waals surface area contributed by atoms with E-state index >= 15 is 0 Å². The number of nitrogens with zero attached hydrogens (tertiary/aromatic N) is 1. The van der Waals surface area contributed by atoms with Gasteiger partial charge in [-0.3, -0.25) is 4.79 Å². The van der Waals surface area contributed by atoms with Gasteiger partial charge in [0.15, 0.2) is 0 Å². The average molecular weight is 370 g/mol. The molecule has 1 aromatic heterocycles. The minimum atomic E-state index is -4.55. The SMILES string of the molecule is COCCOc1ccc(C(F)(F)F)cc1NC(=O)c1ccc(OC)nc1. The summed E-state index contributed by atoms with van der Waals surface area (Å²) in [6.07, 6.45) is -3.29. The summed E-state index contributed by atoms with van der Waals surface area (Å²) >= 11 is 0. The average Bonchev–Trinajstić information content (AvgIpc) is 2.62. The maximum absolute atomic E-state index is 13.0. The fourth-order valence-corrected chi connectivity index (χ4v) is 1.99. The number of ether oxygens (including phenoxy) is 3. The summed E-state index contributed by atoms with van der Waals surface area (Å²) in [7, 11) is 2.89. The Morgan fingerprint density at radius 2 is 1.92 bits per heavy atom. The molecule has 0 fully saturated rings. The highest BCUT2D eigenvalue weighted by atomic mass is 19.4. The van der Waals surface area contributed by atoms with Gasteiger partial charge in [-0.15, -0.1) is 0 Å². The molecule has 6 nitrogen and oxygen atoms in total. The monoisotopic (exact) mass is 370 g/mol. The van der Waals surface area contributed by atoms with Crippen LogP contribution in [-0.4, -0.2) is 38.3 Å². The lowest BCUT2D eigenvalue weighted by molar-refractivity contribution is -0.137. The van der Waals surface area contributed by atoms with Crippen molar-refractivity contribution in [2.24, 2.45) is 0 Å². The summed E-state index contributed by atoms with van der Waals surface area (Å²) in [5.41, 5.74) is -0.845. The van der Waals surface area contributed by atoms with Crippen LogP contribution in [0, 0.1) is 0 Å². The summed E-state index contributed by atoms with van der Waals surface area (Å²) in [5.74, 6) is -0.217. The van der Waals surface area contributed by atoms with Crippen molar-refractivity contribution >= 4 is 11.6 Å². The second kappa shape index (κ2) is 8.52. The molecule has 1 N–H and O–H groups in total. The van der Waals surface area contributed by atoms with E-state index in [1.807, 2.05) is 0 Å². The van der Waals surface area contributed by atoms with E-state index in [9.17, 15) is 18.0 Å².